The molecule has 1 aliphatic heterocycles. The molecule has 2 heterocycles. The zero-order valence-electron chi connectivity index (χ0n) is 15.5. The summed E-state index contributed by atoms with van der Waals surface area (Å²) in [5.74, 6) is -0.357. The summed E-state index contributed by atoms with van der Waals surface area (Å²) in [6.45, 7) is 1.28. The van der Waals surface area contributed by atoms with Crippen LogP contribution in [0.3, 0.4) is 0 Å². The average molecular weight is 391 g/mol. The molecular weight excluding hydrogens is 364 g/mol. The van der Waals surface area contributed by atoms with E-state index in [1.807, 2.05) is 19.4 Å². The maximum absolute atomic E-state index is 12.8. The van der Waals surface area contributed by atoms with Crippen molar-refractivity contribution in [2.24, 2.45) is 13.0 Å². The van der Waals surface area contributed by atoms with Crippen molar-refractivity contribution < 1.29 is 13.2 Å². The molecule has 0 aliphatic carbocycles. The van der Waals surface area contributed by atoms with E-state index in [9.17, 15) is 13.2 Å². The standard InChI is InChI=1S/C19H26N4O3S/c1-22-14-16(13-21-22)7-5-11-20-19(24)17-8-6-12-23(15-17)27(25,26)18-9-3-2-4-10-18/h2-4,9-10,13-14,17H,5-8,11-12,15H2,1H3,(H,20,24). The van der Waals surface area contributed by atoms with Crippen LogP contribution in [-0.4, -0.2) is 48.0 Å². The normalized spacial score (nSPS) is 18.3. The topological polar surface area (TPSA) is 84.3 Å². The summed E-state index contributed by atoms with van der Waals surface area (Å²) in [6, 6.07) is 8.40. The lowest BCUT2D eigenvalue weighted by atomic mass is 9.99. The smallest absolute Gasteiger partial charge is 0.243 e. The predicted octanol–water partition coefficient (Wildman–Crippen LogP) is 1.57. The molecule has 8 heteroatoms. The summed E-state index contributed by atoms with van der Waals surface area (Å²) >= 11 is 0. The van der Waals surface area contributed by atoms with Crippen LogP contribution in [0.4, 0.5) is 0 Å². The van der Waals surface area contributed by atoms with Crippen LogP contribution >= 0.6 is 0 Å². The molecule has 1 amide bonds. The Bertz CT molecular complexity index is 864. The molecule has 0 saturated carbocycles. The number of benzene rings is 1. The van der Waals surface area contributed by atoms with Crippen LogP contribution in [0.25, 0.3) is 0 Å². The first kappa shape index (κ1) is 19.6. The predicted molar refractivity (Wildman–Crippen MR) is 102 cm³/mol. The number of nitrogens with zero attached hydrogens (tertiary/aromatic N) is 3. The minimum Gasteiger partial charge on any atom is -0.356 e. The van der Waals surface area contributed by atoms with Crippen LogP contribution in [0.15, 0.2) is 47.6 Å². The quantitative estimate of drug-likeness (QED) is 0.728. The first-order valence-electron chi connectivity index (χ1n) is 9.27. The first-order valence-corrected chi connectivity index (χ1v) is 10.7. The van der Waals surface area contributed by atoms with Crippen molar-refractivity contribution >= 4 is 15.9 Å². The molecule has 1 aromatic heterocycles. The molecule has 7 nitrogen and oxygen atoms in total. The van der Waals surface area contributed by atoms with Crippen LogP contribution in [0.2, 0.25) is 0 Å². The third kappa shape index (κ3) is 4.95. The number of rotatable bonds is 7. The van der Waals surface area contributed by atoms with Gasteiger partial charge in [-0.2, -0.15) is 9.40 Å². The fraction of sp³-hybridized carbons (Fsp3) is 0.474. The fourth-order valence-corrected chi connectivity index (χ4v) is 4.91. The van der Waals surface area contributed by atoms with E-state index in [-0.39, 0.29) is 23.3 Å². The number of sulfonamides is 1. The molecule has 1 fully saturated rings. The SMILES string of the molecule is Cn1cc(CCCNC(=O)C2CCCN(S(=O)(=O)c3ccccc3)C2)cn1. The summed E-state index contributed by atoms with van der Waals surface area (Å²) in [4.78, 5) is 12.8. The number of hydrogen-bond acceptors (Lipinski definition) is 4. The second-order valence-electron chi connectivity index (χ2n) is 6.93. The van der Waals surface area contributed by atoms with Gasteiger partial charge in [0.2, 0.25) is 15.9 Å². The molecule has 1 aromatic carbocycles. The summed E-state index contributed by atoms with van der Waals surface area (Å²) < 4.78 is 28.7. The number of piperidine rings is 1. The van der Waals surface area contributed by atoms with E-state index in [1.165, 1.54) is 4.31 Å². The van der Waals surface area contributed by atoms with Gasteiger partial charge in [-0.25, -0.2) is 8.42 Å². The Balaban J connectivity index is 1.50. The summed E-state index contributed by atoms with van der Waals surface area (Å²) in [6.07, 6.45) is 6.89. The Morgan fingerprint density at radius 2 is 2.07 bits per heavy atom. The lowest BCUT2D eigenvalue weighted by Gasteiger charge is -2.31. The van der Waals surface area contributed by atoms with Gasteiger partial charge in [0.05, 0.1) is 17.0 Å². The average Bonchev–Trinajstić information content (AvgIpc) is 3.11. The highest BCUT2D eigenvalue weighted by molar-refractivity contribution is 7.89. The molecule has 0 radical (unpaired) electrons. The Morgan fingerprint density at radius 1 is 1.30 bits per heavy atom. The van der Waals surface area contributed by atoms with Crippen molar-refractivity contribution in [3.05, 3.63) is 48.3 Å². The number of carbonyl (C=O) groups is 1. The van der Waals surface area contributed by atoms with Gasteiger partial charge in [-0.3, -0.25) is 9.48 Å². The Morgan fingerprint density at radius 3 is 2.78 bits per heavy atom. The van der Waals surface area contributed by atoms with Gasteiger partial charge < -0.3 is 5.32 Å². The largest absolute Gasteiger partial charge is 0.356 e. The third-order valence-electron chi connectivity index (χ3n) is 4.84. The molecule has 1 N–H and O–H groups in total. The molecular formula is C19H26N4O3S. The number of amides is 1. The second kappa shape index (κ2) is 8.67. The van der Waals surface area contributed by atoms with Gasteiger partial charge in [-0.05, 0) is 43.4 Å². The van der Waals surface area contributed by atoms with Gasteiger partial charge in [0.15, 0.2) is 0 Å². The van der Waals surface area contributed by atoms with Crippen molar-refractivity contribution in [2.75, 3.05) is 19.6 Å². The summed E-state index contributed by atoms with van der Waals surface area (Å²) in [5.41, 5.74) is 1.14. The van der Waals surface area contributed by atoms with Gasteiger partial charge in [0.25, 0.3) is 0 Å². The highest BCUT2D eigenvalue weighted by atomic mass is 32.2. The fourth-order valence-electron chi connectivity index (χ4n) is 3.37. The van der Waals surface area contributed by atoms with Crippen LogP contribution in [0, 0.1) is 5.92 Å². The molecule has 1 saturated heterocycles. The maximum atomic E-state index is 12.8. The Hall–Kier alpha value is -2.19. The molecule has 3 rings (SSSR count). The van der Waals surface area contributed by atoms with Crippen molar-refractivity contribution in [1.82, 2.24) is 19.4 Å². The molecule has 1 atom stereocenters. The number of hydrogen-bond donors (Lipinski definition) is 1. The molecule has 0 bridgehead atoms. The highest BCUT2D eigenvalue weighted by Gasteiger charge is 2.33. The van der Waals surface area contributed by atoms with Gasteiger partial charge in [-0.15, -0.1) is 0 Å². The first-order chi connectivity index (χ1) is 13.0. The van der Waals surface area contributed by atoms with Crippen LogP contribution in [0.1, 0.15) is 24.8 Å². The zero-order chi connectivity index (χ0) is 19.3. The van der Waals surface area contributed by atoms with Crippen LogP contribution < -0.4 is 5.32 Å². The third-order valence-corrected chi connectivity index (χ3v) is 6.72. The molecule has 2 aromatic rings. The molecule has 1 unspecified atom stereocenters. The summed E-state index contributed by atoms with van der Waals surface area (Å²) in [7, 11) is -1.66. The van der Waals surface area contributed by atoms with Crippen molar-refractivity contribution in [3.63, 3.8) is 0 Å². The molecule has 0 spiro atoms. The van der Waals surface area contributed by atoms with E-state index >= 15 is 0 Å². The van der Waals surface area contributed by atoms with E-state index in [4.69, 9.17) is 0 Å². The van der Waals surface area contributed by atoms with Crippen LogP contribution in [-0.2, 0) is 28.3 Å². The van der Waals surface area contributed by atoms with Gasteiger partial charge in [0, 0.05) is 32.9 Å². The minimum atomic E-state index is -3.54. The monoisotopic (exact) mass is 390 g/mol. The highest BCUT2D eigenvalue weighted by Crippen LogP contribution is 2.23. The molecule has 27 heavy (non-hydrogen) atoms. The minimum absolute atomic E-state index is 0.0610. The molecule has 146 valence electrons. The van der Waals surface area contributed by atoms with E-state index in [0.717, 1.165) is 24.8 Å². The number of nitrogens with one attached hydrogen (secondary N) is 1. The number of carbonyl (C=O) groups excluding carboxylic acids is 1. The van der Waals surface area contributed by atoms with Crippen molar-refractivity contribution in [2.45, 2.75) is 30.6 Å². The van der Waals surface area contributed by atoms with E-state index in [1.54, 1.807) is 35.0 Å². The lowest BCUT2D eigenvalue weighted by molar-refractivity contribution is -0.126. The zero-order valence-corrected chi connectivity index (χ0v) is 16.4. The number of aromatic nitrogens is 2. The van der Waals surface area contributed by atoms with Crippen molar-refractivity contribution in [3.8, 4) is 0 Å². The Labute approximate surface area is 160 Å². The van der Waals surface area contributed by atoms with Crippen molar-refractivity contribution in [1.29, 1.82) is 0 Å². The van der Waals surface area contributed by atoms with E-state index in [0.29, 0.717) is 19.5 Å². The van der Waals surface area contributed by atoms with Gasteiger partial charge in [0.1, 0.15) is 0 Å². The van der Waals surface area contributed by atoms with E-state index in [2.05, 4.69) is 10.4 Å². The molecule has 1 aliphatic rings. The second-order valence-corrected chi connectivity index (χ2v) is 8.87. The van der Waals surface area contributed by atoms with Gasteiger partial charge in [-0.1, -0.05) is 18.2 Å². The maximum Gasteiger partial charge on any atom is 0.243 e. The Kier molecular flexibility index (Phi) is 6.28. The lowest BCUT2D eigenvalue weighted by Crippen LogP contribution is -2.45. The van der Waals surface area contributed by atoms with Gasteiger partial charge >= 0.3 is 0 Å². The number of aryl methyl sites for hydroxylation is 2. The van der Waals surface area contributed by atoms with E-state index < -0.39 is 10.0 Å². The summed E-state index contributed by atoms with van der Waals surface area (Å²) in [5, 5.41) is 7.08. The van der Waals surface area contributed by atoms with Crippen LogP contribution in [0.5, 0.6) is 0 Å².